The number of rotatable bonds is 7. The van der Waals surface area contributed by atoms with Crippen LogP contribution in [0.2, 0.25) is 0 Å². The molecule has 0 atom stereocenters. The van der Waals surface area contributed by atoms with Gasteiger partial charge in [0.05, 0.1) is 6.61 Å². The van der Waals surface area contributed by atoms with Gasteiger partial charge in [-0.05, 0) is 51.5 Å². The van der Waals surface area contributed by atoms with Crippen molar-refractivity contribution in [1.29, 1.82) is 0 Å². The number of hydrogen-bond donors (Lipinski definition) is 1. The molecule has 0 aliphatic carbocycles. The third-order valence-electron chi connectivity index (χ3n) is 3.04. The van der Waals surface area contributed by atoms with E-state index in [-0.39, 0.29) is 11.4 Å². The molecule has 0 bridgehead atoms. The third kappa shape index (κ3) is 5.88. The number of anilines is 1. The van der Waals surface area contributed by atoms with Crippen molar-refractivity contribution < 1.29 is 9.13 Å². The number of benzene rings is 1. The summed E-state index contributed by atoms with van der Waals surface area (Å²) in [5.41, 5.74) is 2.02. The Bertz CT molecular complexity index is 415. The first kappa shape index (κ1) is 16.9. The Morgan fingerprint density at radius 2 is 2.00 bits per heavy atom. The topological polar surface area (TPSA) is 24.5 Å². The van der Waals surface area contributed by atoms with Gasteiger partial charge < -0.3 is 15.0 Å². The highest BCUT2D eigenvalue weighted by Crippen LogP contribution is 2.21. The normalized spacial score (nSPS) is 11.7. The predicted molar refractivity (Wildman–Crippen MR) is 82.8 cm³/mol. The SMILES string of the molecule is CCOCCN(C)c1ccc(F)cc1CNC(C)(C)C. The average molecular weight is 282 g/mol. The second kappa shape index (κ2) is 7.60. The number of nitrogens with one attached hydrogen (secondary N) is 1. The van der Waals surface area contributed by atoms with Crippen molar-refractivity contribution in [2.24, 2.45) is 0 Å². The number of likely N-dealkylation sites (N-methyl/N-ethyl adjacent to an activating group) is 1. The van der Waals surface area contributed by atoms with E-state index < -0.39 is 0 Å². The summed E-state index contributed by atoms with van der Waals surface area (Å²) in [6, 6.07) is 4.94. The molecule has 0 aliphatic rings. The Labute approximate surface area is 122 Å². The molecule has 1 aromatic rings. The van der Waals surface area contributed by atoms with Crippen molar-refractivity contribution >= 4 is 5.69 Å². The van der Waals surface area contributed by atoms with E-state index in [1.165, 1.54) is 6.07 Å². The number of halogens is 1. The van der Waals surface area contributed by atoms with Crippen LogP contribution in [-0.2, 0) is 11.3 Å². The third-order valence-corrected chi connectivity index (χ3v) is 3.04. The van der Waals surface area contributed by atoms with E-state index in [2.05, 4.69) is 31.0 Å². The van der Waals surface area contributed by atoms with E-state index in [9.17, 15) is 4.39 Å². The zero-order valence-corrected chi connectivity index (χ0v) is 13.3. The molecule has 0 unspecified atom stereocenters. The molecule has 1 rings (SSSR count). The number of nitrogens with zero attached hydrogens (tertiary/aromatic N) is 1. The van der Waals surface area contributed by atoms with Crippen LogP contribution >= 0.6 is 0 Å². The van der Waals surface area contributed by atoms with Crippen molar-refractivity contribution in [2.45, 2.75) is 39.8 Å². The Morgan fingerprint density at radius 3 is 2.60 bits per heavy atom. The summed E-state index contributed by atoms with van der Waals surface area (Å²) in [5.74, 6) is -0.197. The van der Waals surface area contributed by atoms with Crippen LogP contribution in [0.15, 0.2) is 18.2 Å². The van der Waals surface area contributed by atoms with Crippen LogP contribution in [0.1, 0.15) is 33.3 Å². The molecule has 1 aromatic carbocycles. The molecular weight excluding hydrogens is 255 g/mol. The van der Waals surface area contributed by atoms with Crippen molar-refractivity contribution in [2.75, 3.05) is 31.7 Å². The minimum Gasteiger partial charge on any atom is -0.380 e. The highest BCUT2D eigenvalue weighted by molar-refractivity contribution is 5.53. The summed E-state index contributed by atoms with van der Waals surface area (Å²) in [6.45, 7) is 11.1. The lowest BCUT2D eigenvalue weighted by Crippen LogP contribution is -2.35. The number of ether oxygens (including phenoxy) is 1. The van der Waals surface area contributed by atoms with Crippen LogP contribution in [0.25, 0.3) is 0 Å². The molecule has 0 fully saturated rings. The van der Waals surface area contributed by atoms with E-state index in [1.54, 1.807) is 6.07 Å². The number of hydrogen-bond acceptors (Lipinski definition) is 3. The summed E-state index contributed by atoms with van der Waals surface area (Å²) in [7, 11) is 2.01. The molecule has 0 heterocycles. The second-order valence-corrected chi connectivity index (χ2v) is 6.00. The molecule has 20 heavy (non-hydrogen) atoms. The summed E-state index contributed by atoms with van der Waals surface area (Å²) in [5, 5.41) is 3.40. The molecule has 4 heteroatoms. The standard InChI is InChI=1S/C16H27FN2O/c1-6-20-10-9-19(5)15-8-7-14(17)11-13(15)12-18-16(2,3)4/h7-8,11,18H,6,9-10,12H2,1-5H3. The molecule has 0 aromatic heterocycles. The maximum atomic E-state index is 13.5. The summed E-state index contributed by atoms with van der Waals surface area (Å²) in [4.78, 5) is 2.11. The van der Waals surface area contributed by atoms with Crippen molar-refractivity contribution in [3.8, 4) is 0 Å². The highest BCUT2D eigenvalue weighted by Gasteiger charge is 2.13. The minimum atomic E-state index is -0.197. The van der Waals surface area contributed by atoms with Gasteiger partial charge in [0.2, 0.25) is 0 Å². The molecular formula is C16H27FN2O. The van der Waals surface area contributed by atoms with Gasteiger partial charge in [0.1, 0.15) is 5.82 Å². The van der Waals surface area contributed by atoms with Crippen molar-refractivity contribution in [1.82, 2.24) is 5.32 Å². The van der Waals surface area contributed by atoms with Gasteiger partial charge in [0, 0.05) is 38.0 Å². The van der Waals surface area contributed by atoms with Gasteiger partial charge in [-0.3, -0.25) is 0 Å². The average Bonchev–Trinajstić information content (AvgIpc) is 2.35. The maximum Gasteiger partial charge on any atom is 0.123 e. The minimum absolute atomic E-state index is 0.00742. The van der Waals surface area contributed by atoms with E-state index >= 15 is 0 Å². The lowest BCUT2D eigenvalue weighted by atomic mass is 10.1. The first-order valence-corrected chi connectivity index (χ1v) is 7.16. The molecule has 0 radical (unpaired) electrons. The van der Waals surface area contributed by atoms with Crippen LogP contribution in [-0.4, -0.2) is 32.3 Å². The van der Waals surface area contributed by atoms with Crippen LogP contribution in [0.3, 0.4) is 0 Å². The molecule has 0 aliphatic heterocycles. The van der Waals surface area contributed by atoms with Crippen LogP contribution in [0, 0.1) is 5.82 Å². The fourth-order valence-electron chi connectivity index (χ4n) is 1.89. The fourth-order valence-corrected chi connectivity index (χ4v) is 1.89. The molecule has 114 valence electrons. The van der Waals surface area contributed by atoms with Crippen LogP contribution in [0.4, 0.5) is 10.1 Å². The Balaban J connectivity index is 2.78. The van der Waals surface area contributed by atoms with E-state index in [0.29, 0.717) is 13.2 Å². The van der Waals surface area contributed by atoms with Gasteiger partial charge >= 0.3 is 0 Å². The lowest BCUT2D eigenvalue weighted by molar-refractivity contribution is 0.154. The van der Waals surface area contributed by atoms with Crippen molar-refractivity contribution in [3.63, 3.8) is 0 Å². The second-order valence-electron chi connectivity index (χ2n) is 6.00. The molecule has 0 saturated heterocycles. The van der Waals surface area contributed by atoms with Gasteiger partial charge in [0.15, 0.2) is 0 Å². The van der Waals surface area contributed by atoms with Gasteiger partial charge in [0.25, 0.3) is 0 Å². The van der Waals surface area contributed by atoms with Crippen LogP contribution < -0.4 is 10.2 Å². The summed E-state index contributed by atoms with van der Waals surface area (Å²) >= 11 is 0. The summed E-state index contributed by atoms with van der Waals surface area (Å²) in [6.07, 6.45) is 0. The monoisotopic (exact) mass is 282 g/mol. The molecule has 3 nitrogen and oxygen atoms in total. The molecule has 0 saturated carbocycles. The fraction of sp³-hybridized carbons (Fsp3) is 0.625. The maximum absolute atomic E-state index is 13.5. The van der Waals surface area contributed by atoms with Gasteiger partial charge in [-0.1, -0.05) is 0 Å². The zero-order chi connectivity index (χ0) is 15.2. The molecule has 0 amide bonds. The van der Waals surface area contributed by atoms with Crippen LogP contribution in [0.5, 0.6) is 0 Å². The largest absolute Gasteiger partial charge is 0.380 e. The molecule has 0 spiro atoms. The smallest absolute Gasteiger partial charge is 0.123 e. The Morgan fingerprint density at radius 1 is 1.30 bits per heavy atom. The first-order valence-electron chi connectivity index (χ1n) is 7.16. The quantitative estimate of drug-likeness (QED) is 0.777. The highest BCUT2D eigenvalue weighted by atomic mass is 19.1. The van der Waals surface area contributed by atoms with E-state index in [4.69, 9.17) is 4.74 Å². The van der Waals surface area contributed by atoms with Gasteiger partial charge in [-0.25, -0.2) is 4.39 Å². The van der Waals surface area contributed by atoms with Gasteiger partial charge in [-0.15, -0.1) is 0 Å². The lowest BCUT2D eigenvalue weighted by Gasteiger charge is -2.25. The van der Waals surface area contributed by atoms with E-state index in [1.807, 2.05) is 20.0 Å². The Kier molecular flexibility index (Phi) is 6.43. The first-order chi connectivity index (χ1) is 9.33. The Hall–Kier alpha value is -1.13. The summed E-state index contributed by atoms with van der Waals surface area (Å²) < 4.78 is 18.8. The zero-order valence-electron chi connectivity index (χ0n) is 13.3. The molecule has 1 N–H and O–H groups in total. The van der Waals surface area contributed by atoms with Crippen molar-refractivity contribution in [3.05, 3.63) is 29.6 Å². The predicted octanol–water partition coefficient (Wildman–Crippen LogP) is 3.19. The van der Waals surface area contributed by atoms with Gasteiger partial charge in [-0.2, -0.15) is 0 Å². The van der Waals surface area contributed by atoms with E-state index in [0.717, 1.165) is 24.4 Å².